The lowest BCUT2D eigenvalue weighted by molar-refractivity contribution is 0.0696. The maximum absolute atomic E-state index is 11.2. The summed E-state index contributed by atoms with van der Waals surface area (Å²) in [6, 6.07) is 10.9. The van der Waals surface area contributed by atoms with Crippen molar-refractivity contribution in [2.75, 3.05) is 0 Å². The lowest BCUT2D eigenvalue weighted by Gasteiger charge is -2.06. The summed E-state index contributed by atoms with van der Waals surface area (Å²) in [4.78, 5) is 21.9. The van der Waals surface area contributed by atoms with Gasteiger partial charge in [0.2, 0.25) is 0 Å². The number of benzene rings is 2. The fraction of sp³-hybridized carbons (Fsp3) is 0.0667. The molecule has 0 saturated carbocycles. The first-order chi connectivity index (χ1) is 8.99. The van der Waals surface area contributed by atoms with Gasteiger partial charge in [-0.15, -0.1) is 0 Å². The average molecular weight is 256 g/mol. The summed E-state index contributed by atoms with van der Waals surface area (Å²) in [6.45, 7) is 1.48. The van der Waals surface area contributed by atoms with Crippen LogP contribution in [0.4, 0.5) is 0 Å². The van der Waals surface area contributed by atoms with Crippen LogP contribution < -0.4 is 0 Å². The van der Waals surface area contributed by atoms with Crippen LogP contribution in [0, 0.1) is 0 Å². The topological polar surface area (TPSA) is 74.6 Å². The van der Waals surface area contributed by atoms with Crippen molar-refractivity contribution in [1.29, 1.82) is 0 Å². The van der Waals surface area contributed by atoms with Gasteiger partial charge in [-0.25, -0.2) is 4.79 Å². The minimum atomic E-state index is -1.09. The van der Waals surface area contributed by atoms with E-state index in [-0.39, 0.29) is 17.1 Å². The second-order valence-corrected chi connectivity index (χ2v) is 4.17. The van der Waals surface area contributed by atoms with Gasteiger partial charge in [-0.3, -0.25) is 4.79 Å². The first kappa shape index (κ1) is 12.8. The number of phenolic OH excluding ortho intramolecular Hbond substituents is 1. The van der Waals surface area contributed by atoms with Gasteiger partial charge in [-0.1, -0.05) is 24.3 Å². The Morgan fingerprint density at radius 1 is 0.947 bits per heavy atom. The molecule has 0 aromatic heterocycles. The van der Waals surface area contributed by atoms with E-state index in [1.165, 1.54) is 19.1 Å². The standard InChI is InChI=1S/C15H12O4/c1-9(16)10-2-4-11(5-3-10)13-7-6-12(15(18)19)8-14(13)17/h2-8,17H,1H3,(H,18,19). The van der Waals surface area contributed by atoms with Gasteiger partial charge in [0.15, 0.2) is 5.78 Å². The third kappa shape index (κ3) is 2.63. The van der Waals surface area contributed by atoms with Crippen LogP contribution in [0.1, 0.15) is 27.6 Å². The van der Waals surface area contributed by atoms with E-state index in [4.69, 9.17) is 5.11 Å². The Labute approximate surface area is 109 Å². The number of aromatic carboxylic acids is 1. The molecule has 4 nitrogen and oxygen atoms in total. The molecule has 4 heteroatoms. The zero-order chi connectivity index (χ0) is 14.0. The highest BCUT2D eigenvalue weighted by atomic mass is 16.4. The molecule has 0 amide bonds. The largest absolute Gasteiger partial charge is 0.507 e. The van der Waals surface area contributed by atoms with Gasteiger partial charge in [0.05, 0.1) is 5.56 Å². The summed E-state index contributed by atoms with van der Waals surface area (Å²) in [5, 5.41) is 18.7. The number of ketones is 1. The molecule has 19 heavy (non-hydrogen) atoms. The molecule has 2 N–H and O–H groups in total. The third-order valence-electron chi connectivity index (χ3n) is 2.85. The van der Waals surface area contributed by atoms with Crippen molar-refractivity contribution >= 4 is 11.8 Å². The molecule has 96 valence electrons. The van der Waals surface area contributed by atoms with E-state index in [2.05, 4.69) is 0 Å². The molecule has 2 aromatic carbocycles. The Bertz CT molecular complexity index is 642. The van der Waals surface area contributed by atoms with Crippen LogP contribution in [0.25, 0.3) is 11.1 Å². The van der Waals surface area contributed by atoms with Gasteiger partial charge in [-0.05, 0) is 30.7 Å². The fourth-order valence-corrected chi connectivity index (χ4v) is 1.79. The Kier molecular flexibility index (Phi) is 3.33. The SMILES string of the molecule is CC(=O)c1ccc(-c2ccc(C(=O)O)cc2O)cc1. The summed E-state index contributed by atoms with van der Waals surface area (Å²) in [5.41, 5.74) is 1.87. The number of hydrogen-bond acceptors (Lipinski definition) is 3. The quantitative estimate of drug-likeness (QED) is 0.828. The Morgan fingerprint density at radius 2 is 1.53 bits per heavy atom. The van der Waals surface area contributed by atoms with Gasteiger partial charge in [0, 0.05) is 11.1 Å². The Balaban J connectivity index is 2.41. The van der Waals surface area contributed by atoms with Crippen LogP contribution >= 0.6 is 0 Å². The van der Waals surface area contributed by atoms with Crippen LogP contribution in [0.3, 0.4) is 0 Å². The maximum atomic E-state index is 11.2. The monoisotopic (exact) mass is 256 g/mol. The molecular weight excluding hydrogens is 244 g/mol. The molecule has 0 aliphatic rings. The van der Waals surface area contributed by atoms with E-state index in [0.29, 0.717) is 11.1 Å². The number of carboxylic acids is 1. The van der Waals surface area contributed by atoms with Crippen LogP contribution in [-0.4, -0.2) is 22.0 Å². The number of Topliss-reactive ketones (excluding diaryl/α,β-unsaturated/α-hetero) is 1. The molecule has 0 bridgehead atoms. The van der Waals surface area contributed by atoms with E-state index in [0.717, 1.165) is 5.56 Å². The molecule has 0 spiro atoms. The fourth-order valence-electron chi connectivity index (χ4n) is 1.79. The van der Waals surface area contributed by atoms with E-state index in [1.807, 2.05) is 0 Å². The maximum Gasteiger partial charge on any atom is 0.335 e. The number of rotatable bonds is 3. The summed E-state index contributed by atoms with van der Waals surface area (Å²) in [5.74, 6) is -1.22. The van der Waals surface area contributed by atoms with Gasteiger partial charge >= 0.3 is 5.97 Å². The minimum Gasteiger partial charge on any atom is -0.507 e. The molecule has 0 fully saturated rings. The lowest BCUT2D eigenvalue weighted by Crippen LogP contribution is -1.96. The van der Waals surface area contributed by atoms with E-state index < -0.39 is 5.97 Å². The van der Waals surface area contributed by atoms with Crippen LogP contribution in [0.15, 0.2) is 42.5 Å². The van der Waals surface area contributed by atoms with E-state index >= 15 is 0 Å². The highest BCUT2D eigenvalue weighted by Gasteiger charge is 2.09. The van der Waals surface area contributed by atoms with Crippen molar-refractivity contribution < 1.29 is 19.8 Å². The Hall–Kier alpha value is -2.62. The summed E-state index contributed by atoms with van der Waals surface area (Å²) in [6.07, 6.45) is 0. The number of phenols is 1. The van der Waals surface area contributed by atoms with Gasteiger partial charge in [-0.2, -0.15) is 0 Å². The number of carbonyl (C=O) groups is 2. The number of aromatic hydroxyl groups is 1. The summed E-state index contributed by atoms with van der Waals surface area (Å²) in [7, 11) is 0. The van der Waals surface area contributed by atoms with Crippen molar-refractivity contribution in [1.82, 2.24) is 0 Å². The van der Waals surface area contributed by atoms with Crippen molar-refractivity contribution in [3.63, 3.8) is 0 Å². The van der Waals surface area contributed by atoms with E-state index in [9.17, 15) is 14.7 Å². The second-order valence-electron chi connectivity index (χ2n) is 4.17. The van der Waals surface area contributed by atoms with Crippen molar-refractivity contribution in [3.05, 3.63) is 53.6 Å². The molecular formula is C15H12O4. The molecule has 0 saturated heterocycles. The molecule has 0 atom stereocenters. The number of hydrogen-bond donors (Lipinski definition) is 2. The van der Waals surface area contributed by atoms with Gasteiger partial charge < -0.3 is 10.2 Å². The average Bonchev–Trinajstić information content (AvgIpc) is 2.38. The first-order valence-corrected chi connectivity index (χ1v) is 5.66. The molecule has 0 unspecified atom stereocenters. The predicted octanol–water partition coefficient (Wildman–Crippen LogP) is 2.96. The highest BCUT2D eigenvalue weighted by Crippen LogP contribution is 2.30. The molecule has 0 radical (unpaired) electrons. The zero-order valence-corrected chi connectivity index (χ0v) is 10.3. The molecule has 0 aliphatic carbocycles. The molecule has 0 heterocycles. The summed E-state index contributed by atoms with van der Waals surface area (Å²) < 4.78 is 0. The highest BCUT2D eigenvalue weighted by molar-refractivity contribution is 5.94. The number of carboxylic acid groups (broad SMARTS) is 1. The first-order valence-electron chi connectivity index (χ1n) is 5.66. The number of carbonyl (C=O) groups excluding carboxylic acids is 1. The molecule has 0 aliphatic heterocycles. The van der Waals surface area contributed by atoms with Gasteiger partial charge in [0.25, 0.3) is 0 Å². The molecule has 2 aromatic rings. The predicted molar refractivity (Wildman–Crippen MR) is 70.5 cm³/mol. The zero-order valence-electron chi connectivity index (χ0n) is 10.3. The van der Waals surface area contributed by atoms with Crippen molar-refractivity contribution in [2.45, 2.75) is 6.92 Å². The van der Waals surface area contributed by atoms with E-state index in [1.54, 1.807) is 30.3 Å². The van der Waals surface area contributed by atoms with Crippen LogP contribution in [0.5, 0.6) is 5.75 Å². The Morgan fingerprint density at radius 3 is 2.00 bits per heavy atom. The van der Waals surface area contributed by atoms with Gasteiger partial charge in [0.1, 0.15) is 5.75 Å². The smallest absolute Gasteiger partial charge is 0.335 e. The van der Waals surface area contributed by atoms with Crippen molar-refractivity contribution in [2.24, 2.45) is 0 Å². The normalized spacial score (nSPS) is 10.2. The lowest BCUT2D eigenvalue weighted by atomic mass is 10.0. The van der Waals surface area contributed by atoms with Crippen molar-refractivity contribution in [3.8, 4) is 16.9 Å². The second kappa shape index (κ2) is 4.94. The molecule has 2 rings (SSSR count). The van der Waals surface area contributed by atoms with Crippen LogP contribution in [0.2, 0.25) is 0 Å². The van der Waals surface area contributed by atoms with Crippen LogP contribution in [-0.2, 0) is 0 Å². The minimum absolute atomic E-state index is 0.0293. The summed E-state index contributed by atoms with van der Waals surface area (Å²) >= 11 is 0. The third-order valence-corrected chi connectivity index (χ3v) is 2.85.